The minimum Gasteiger partial charge on any atom is -0.380 e. The number of nitrogens with zero attached hydrogens (tertiary/aromatic N) is 2. The topological polar surface area (TPSA) is 61.9 Å². The summed E-state index contributed by atoms with van der Waals surface area (Å²) in [5.74, 6) is 0. The Morgan fingerprint density at radius 3 is 2.31 bits per heavy atom. The molecule has 3 rings (SSSR count). The van der Waals surface area contributed by atoms with Gasteiger partial charge in [0.2, 0.25) is 10.9 Å². The summed E-state index contributed by atoms with van der Waals surface area (Å²) in [6.45, 7) is 10.9. The van der Waals surface area contributed by atoms with Gasteiger partial charge in [-0.3, -0.25) is 9.59 Å². The largest absolute Gasteiger partial charge is 0.380 e. The minimum absolute atomic E-state index is 0.394. The summed E-state index contributed by atoms with van der Waals surface area (Å²) in [5, 5.41) is 3.17. The molecule has 0 saturated carbocycles. The van der Waals surface area contributed by atoms with E-state index in [1.807, 2.05) is 24.3 Å². The molecule has 0 unspecified atom stereocenters. The zero-order valence-electron chi connectivity index (χ0n) is 15.6. The van der Waals surface area contributed by atoms with E-state index < -0.39 is 10.9 Å². The number of benzene rings is 1. The number of ether oxygens (including phenoxy) is 1. The molecule has 0 aromatic heterocycles. The maximum absolute atomic E-state index is 12.1. The van der Waals surface area contributed by atoms with E-state index in [9.17, 15) is 9.59 Å². The Morgan fingerprint density at radius 1 is 1.04 bits per heavy atom. The molecule has 0 aliphatic carbocycles. The van der Waals surface area contributed by atoms with Crippen molar-refractivity contribution < 1.29 is 4.74 Å². The van der Waals surface area contributed by atoms with Gasteiger partial charge in [-0.15, -0.1) is 0 Å². The summed E-state index contributed by atoms with van der Waals surface area (Å²) >= 11 is 0. The number of hydrogen-bond donors (Lipinski definition) is 1. The second kappa shape index (κ2) is 8.47. The van der Waals surface area contributed by atoms with Crippen LogP contribution >= 0.6 is 0 Å². The summed E-state index contributed by atoms with van der Waals surface area (Å²) < 4.78 is 5.38. The van der Waals surface area contributed by atoms with Gasteiger partial charge in [0.05, 0.1) is 24.5 Å². The molecule has 0 radical (unpaired) electrons. The fourth-order valence-corrected chi connectivity index (χ4v) is 3.38. The lowest BCUT2D eigenvalue weighted by Crippen LogP contribution is -2.38. The number of morpholine rings is 1. The zero-order chi connectivity index (χ0) is 18.5. The molecule has 2 aromatic rings. The molecule has 1 aliphatic heterocycles. The third kappa shape index (κ3) is 3.81. The maximum atomic E-state index is 12.1. The molecule has 1 saturated heterocycles. The first-order chi connectivity index (χ1) is 12.7. The number of hydrogen-bond acceptors (Lipinski definition) is 6. The van der Waals surface area contributed by atoms with E-state index in [0.29, 0.717) is 17.8 Å². The lowest BCUT2D eigenvalue weighted by Gasteiger charge is -2.29. The average Bonchev–Trinajstić information content (AvgIpc) is 2.71. The van der Waals surface area contributed by atoms with Crippen molar-refractivity contribution in [2.24, 2.45) is 0 Å². The SMILES string of the molecule is CCN(CC)CCNc1c(-c2ccc(N3CCOCC3)cc2)c(=O)c1=O. The first-order valence-corrected chi connectivity index (χ1v) is 9.38. The fourth-order valence-electron chi connectivity index (χ4n) is 3.38. The molecule has 140 valence electrons. The summed E-state index contributed by atoms with van der Waals surface area (Å²) in [5.41, 5.74) is 2.10. The summed E-state index contributed by atoms with van der Waals surface area (Å²) in [4.78, 5) is 28.6. The van der Waals surface area contributed by atoms with Gasteiger partial charge in [-0.25, -0.2) is 0 Å². The van der Waals surface area contributed by atoms with Crippen LogP contribution in [-0.2, 0) is 4.74 Å². The van der Waals surface area contributed by atoms with Crippen molar-refractivity contribution in [3.05, 3.63) is 44.7 Å². The van der Waals surface area contributed by atoms with Gasteiger partial charge in [-0.05, 0) is 30.8 Å². The lowest BCUT2D eigenvalue weighted by atomic mass is 9.98. The van der Waals surface area contributed by atoms with E-state index in [-0.39, 0.29) is 0 Å². The van der Waals surface area contributed by atoms with E-state index in [1.165, 1.54) is 0 Å². The fraction of sp³-hybridized carbons (Fsp3) is 0.500. The smallest absolute Gasteiger partial charge is 0.250 e. The van der Waals surface area contributed by atoms with Crippen molar-refractivity contribution in [1.29, 1.82) is 0 Å². The Morgan fingerprint density at radius 2 is 1.69 bits per heavy atom. The van der Waals surface area contributed by atoms with E-state index in [1.54, 1.807) is 0 Å². The Balaban J connectivity index is 1.70. The molecular formula is C20H27N3O3. The third-order valence-electron chi connectivity index (χ3n) is 5.07. The number of likely N-dealkylation sites (N-methyl/N-ethyl adjacent to an activating group) is 1. The molecule has 0 amide bonds. The number of nitrogens with one attached hydrogen (secondary N) is 1. The molecule has 1 aliphatic rings. The molecule has 1 fully saturated rings. The van der Waals surface area contributed by atoms with Crippen LogP contribution in [-0.4, -0.2) is 57.4 Å². The molecule has 2 aromatic carbocycles. The Kier molecular flexibility index (Phi) is 6.06. The first-order valence-electron chi connectivity index (χ1n) is 9.38. The van der Waals surface area contributed by atoms with E-state index in [0.717, 1.165) is 57.2 Å². The molecule has 0 spiro atoms. The van der Waals surface area contributed by atoms with Crippen molar-refractivity contribution in [1.82, 2.24) is 4.90 Å². The van der Waals surface area contributed by atoms with Crippen LogP contribution in [0.5, 0.6) is 0 Å². The van der Waals surface area contributed by atoms with Gasteiger partial charge in [-0.2, -0.15) is 0 Å². The van der Waals surface area contributed by atoms with Crippen molar-refractivity contribution >= 4 is 11.4 Å². The van der Waals surface area contributed by atoms with Crippen LogP contribution in [0.1, 0.15) is 13.8 Å². The lowest BCUT2D eigenvalue weighted by molar-refractivity contribution is 0.122. The average molecular weight is 357 g/mol. The monoisotopic (exact) mass is 357 g/mol. The molecule has 6 heteroatoms. The predicted octanol–water partition coefficient (Wildman–Crippen LogP) is 1.54. The minimum atomic E-state index is -0.406. The standard InChI is InChI=1S/C20H27N3O3/c1-3-22(4-2)10-9-21-18-17(19(24)20(18)25)15-5-7-16(8-6-15)23-11-13-26-14-12-23/h5-8,21H,3-4,9-14H2,1-2H3. The normalized spacial score (nSPS) is 15.0. The van der Waals surface area contributed by atoms with E-state index >= 15 is 0 Å². The molecular weight excluding hydrogens is 330 g/mol. The van der Waals surface area contributed by atoms with Gasteiger partial charge >= 0.3 is 0 Å². The van der Waals surface area contributed by atoms with E-state index in [4.69, 9.17) is 4.74 Å². The highest BCUT2D eigenvalue weighted by atomic mass is 16.5. The van der Waals surface area contributed by atoms with Gasteiger partial charge in [0.25, 0.3) is 0 Å². The van der Waals surface area contributed by atoms with Crippen LogP contribution in [0.2, 0.25) is 0 Å². The van der Waals surface area contributed by atoms with Gasteiger partial charge in [0.15, 0.2) is 0 Å². The number of rotatable bonds is 8. The van der Waals surface area contributed by atoms with Crippen LogP contribution in [0.25, 0.3) is 11.1 Å². The van der Waals surface area contributed by atoms with Gasteiger partial charge in [0, 0.05) is 31.9 Å². The third-order valence-corrected chi connectivity index (χ3v) is 5.07. The summed E-state index contributed by atoms with van der Waals surface area (Å²) in [6.07, 6.45) is 0. The van der Waals surface area contributed by atoms with Gasteiger partial charge < -0.3 is 19.9 Å². The first kappa shape index (κ1) is 18.6. The van der Waals surface area contributed by atoms with Crippen LogP contribution in [0.4, 0.5) is 11.4 Å². The van der Waals surface area contributed by atoms with Crippen LogP contribution in [0.3, 0.4) is 0 Å². The molecule has 0 atom stereocenters. The molecule has 26 heavy (non-hydrogen) atoms. The van der Waals surface area contributed by atoms with Crippen molar-refractivity contribution in [3.63, 3.8) is 0 Å². The predicted molar refractivity (Wildman–Crippen MR) is 106 cm³/mol. The van der Waals surface area contributed by atoms with E-state index in [2.05, 4.69) is 29.0 Å². The quantitative estimate of drug-likeness (QED) is 0.723. The molecule has 1 N–H and O–H groups in total. The Hall–Kier alpha value is -2.18. The Labute approximate surface area is 154 Å². The number of anilines is 2. The second-order valence-corrected chi connectivity index (χ2v) is 6.51. The highest BCUT2D eigenvalue weighted by Gasteiger charge is 2.22. The van der Waals surface area contributed by atoms with Crippen LogP contribution < -0.4 is 21.1 Å². The highest BCUT2D eigenvalue weighted by molar-refractivity contribution is 5.82. The zero-order valence-corrected chi connectivity index (χ0v) is 15.6. The maximum Gasteiger partial charge on any atom is 0.250 e. The Bertz CT molecular complexity index is 784. The van der Waals surface area contributed by atoms with Gasteiger partial charge in [0.1, 0.15) is 0 Å². The summed E-state index contributed by atoms with van der Waals surface area (Å²) in [7, 11) is 0. The van der Waals surface area contributed by atoms with Crippen molar-refractivity contribution in [3.8, 4) is 11.1 Å². The highest BCUT2D eigenvalue weighted by Crippen LogP contribution is 2.26. The molecule has 6 nitrogen and oxygen atoms in total. The van der Waals surface area contributed by atoms with Crippen LogP contribution in [0, 0.1) is 0 Å². The molecule has 1 heterocycles. The van der Waals surface area contributed by atoms with Crippen LogP contribution in [0.15, 0.2) is 33.9 Å². The van der Waals surface area contributed by atoms with Crippen molar-refractivity contribution in [2.75, 3.05) is 62.7 Å². The van der Waals surface area contributed by atoms with Crippen molar-refractivity contribution in [2.45, 2.75) is 13.8 Å². The molecule has 0 bridgehead atoms. The van der Waals surface area contributed by atoms with Gasteiger partial charge in [-0.1, -0.05) is 26.0 Å². The second-order valence-electron chi connectivity index (χ2n) is 6.51. The summed E-state index contributed by atoms with van der Waals surface area (Å²) in [6, 6.07) is 7.88.